The van der Waals surface area contributed by atoms with Crippen LogP contribution in [0, 0.1) is 5.92 Å². The minimum Gasteiger partial charge on any atom is -0.352 e. The summed E-state index contributed by atoms with van der Waals surface area (Å²) in [5, 5.41) is 4.55. The van der Waals surface area contributed by atoms with Gasteiger partial charge in [-0.15, -0.1) is 5.10 Å². The highest BCUT2D eigenvalue weighted by atomic mass is 16.2. The summed E-state index contributed by atoms with van der Waals surface area (Å²) in [6, 6.07) is 12.8. The van der Waals surface area contributed by atoms with E-state index in [4.69, 9.17) is 0 Å². The third-order valence-corrected chi connectivity index (χ3v) is 5.68. The number of hydrogen-bond donors (Lipinski definition) is 0. The molecule has 0 spiro atoms. The van der Waals surface area contributed by atoms with Crippen molar-refractivity contribution in [3.05, 3.63) is 52.8 Å². The Bertz CT molecular complexity index is 835. The third-order valence-electron chi connectivity index (χ3n) is 5.68. The molecule has 6 nitrogen and oxygen atoms in total. The Morgan fingerprint density at radius 3 is 2.37 bits per heavy atom. The van der Waals surface area contributed by atoms with Gasteiger partial charge < -0.3 is 9.80 Å². The molecular formula is C21H26N4O2. The molecule has 0 atom stereocenters. The zero-order valence-electron chi connectivity index (χ0n) is 15.6. The third kappa shape index (κ3) is 4.04. The first kappa shape index (κ1) is 17.8. The molecule has 0 bridgehead atoms. The van der Waals surface area contributed by atoms with Crippen LogP contribution in [0.15, 0.2) is 47.3 Å². The lowest BCUT2D eigenvalue weighted by Crippen LogP contribution is -2.49. The standard InChI is InChI=1S/C21H26N4O2/c26-20-11-10-19(22-25(20)18-8-2-1-3-9-18)23-12-14-24(15-13-23)21(27)16-17-6-4-5-7-17/h1-3,8-11,17H,4-7,12-16H2. The summed E-state index contributed by atoms with van der Waals surface area (Å²) in [5.41, 5.74) is 0.616. The summed E-state index contributed by atoms with van der Waals surface area (Å²) in [4.78, 5) is 28.9. The van der Waals surface area contributed by atoms with E-state index in [1.807, 2.05) is 35.2 Å². The first-order valence-corrected chi connectivity index (χ1v) is 9.89. The summed E-state index contributed by atoms with van der Waals surface area (Å²) in [7, 11) is 0. The van der Waals surface area contributed by atoms with Crippen molar-refractivity contribution in [2.75, 3.05) is 31.1 Å². The highest BCUT2D eigenvalue weighted by Crippen LogP contribution is 2.28. The molecule has 142 valence electrons. The van der Waals surface area contributed by atoms with Gasteiger partial charge in [0.2, 0.25) is 5.91 Å². The Kier molecular flexibility index (Phi) is 5.23. The normalized spacial score (nSPS) is 18.1. The van der Waals surface area contributed by atoms with E-state index in [1.165, 1.54) is 30.4 Å². The topological polar surface area (TPSA) is 58.4 Å². The second-order valence-corrected chi connectivity index (χ2v) is 7.50. The number of piperazine rings is 1. The monoisotopic (exact) mass is 366 g/mol. The maximum atomic E-state index is 12.5. The van der Waals surface area contributed by atoms with Crippen molar-refractivity contribution in [2.45, 2.75) is 32.1 Å². The zero-order chi connectivity index (χ0) is 18.6. The molecule has 1 saturated heterocycles. The van der Waals surface area contributed by atoms with E-state index in [9.17, 15) is 9.59 Å². The fraction of sp³-hybridized carbons (Fsp3) is 0.476. The maximum Gasteiger partial charge on any atom is 0.271 e. The predicted octanol–water partition coefficient (Wildman–Crippen LogP) is 2.46. The van der Waals surface area contributed by atoms with E-state index in [2.05, 4.69) is 10.00 Å². The van der Waals surface area contributed by atoms with Crippen LogP contribution in [0.25, 0.3) is 5.69 Å². The molecular weight excluding hydrogens is 340 g/mol. The van der Waals surface area contributed by atoms with E-state index in [1.54, 1.807) is 12.1 Å². The Labute approximate surface area is 159 Å². The van der Waals surface area contributed by atoms with Gasteiger partial charge in [0.05, 0.1) is 5.69 Å². The predicted molar refractivity (Wildman–Crippen MR) is 105 cm³/mol. The van der Waals surface area contributed by atoms with Crippen LogP contribution in [-0.4, -0.2) is 46.8 Å². The molecule has 0 radical (unpaired) electrons. The molecule has 1 aromatic carbocycles. The number of carbonyl (C=O) groups is 1. The van der Waals surface area contributed by atoms with Gasteiger partial charge in [-0.05, 0) is 37.0 Å². The van der Waals surface area contributed by atoms with E-state index in [0.29, 0.717) is 18.2 Å². The minimum absolute atomic E-state index is 0.143. The average molecular weight is 366 g/mol. The summed E-state index contributed by atoms with van der Waals surface area (Å²) < 4.78 is 1.44. The Morgan fingerprint density at radius 2 is 1.67 bits per heavy atom. The van der Waals surface area contributed by atoms with Crippen molar-refractivity contribution in [1.29, 1.82) is 0 Å². The summed E-state index contributed by atoms with van der Waals surface area (Å²) >= 11 is 0. The van der Waals surface area contributed by atoms with Gasteiger partial charge in [0.1, 0.15) is 5.82 Å². The lowest BCUT2D eigenvalue weighted by atomic mass is 10.0. The first-order chi connectivity index (χ1) is 13.2. The van der Waals surface area contributed by atoms with E-state index in [0.717, 1.165) is 37.7 Å². The van der Waals surface area contributed by atoms with Crippen LogP contribution in [0.2, 0.25) is 0 Å². The van der Waals surface area contributed by atoms with Crippen molar-refractivity contribution < 1.29 is 4.79 Å². The number of amides is 1. The van der Waals surface area contributed by atoms with Crippen molar-refractivity contribution in [3.63, 3.8) is 0 Å². The summed E-state index contributed by atoms with van der Waals surface area (Å²) in [5.74, 6) is 1.66. The average Bonchev–Trinajstić information content (AvgIpc) is 3.22. The van der Waals surface area contributed by atoms with Crippen LogP contribution in [0.1, 0.15) is 32.1 Å². The van der Waals surface area contributed by atoms with Crippen molar-refractivity contribution in [3.8, 4) is 5.69 Å². The highest BCUT2D eigenvalue weighted by molar-refractivity contribution is 5.76. The smallest absolute Gasteiger partial charge is 0.271 e. The SMILES string of the molecule is O=C(CC1CCCC1)N1CCN(c2ccc(=O)n(-c3ccccc3)n2)CC1. The van der Waals surface area contributed by atoms with E-state index in [-0.39, 0.29) is 5.56 Å². The second kappa shape index (κ2) is 7.94. The number of hydrogen-bond acceptors (Lipinski definition) is 4. The largest absolute Gasteiger partial charge is 0.352 e. The Hall–Kier alpha value is -2.63. The molecule has 2 heterocycles. The summed E-state index contributed by atoms with van der Waals surface area (Å²) in [6.45, 7) is 2.93. The fourth-order valence-corrected chi connectivity index (χ4v) is 4.10. The molecule has 0 N–H and O–H groups in total. The van der Waals surface area contributed by atoms with Crippen LogP contribution in [0.3, 0.4) is 0 Å². The van der Waals surface area contributed by atoms with Crippen LogP contribution >= 0.6 is 0 Å². The second-order valence-electron chi connectivity index (χ2n) is 7.50. The molecule has 4 rings (SSSR count). The number of anilines is 1. The van der Waals surface area contributed by atoms with Crippen LogP contribution in [-0.2, 0) is 4.79 Å². The number of aromatic nitrogens is 2. The molecule has 27 heavy (non-hydrogen) atoms. The van der Waals surface area contributed by atoms with Gasteiger partial charge in [-0.25, -0.2) is 0 Å². The molecule has 0 unspecified atom stereocenters. The van der Waals surface area contributed by atoms with Crippen molar-refractivity contribution >= 4 is 11.7 Å². The molecule has 6 heteroatoms. The van der Waals surface area contributed by atoms with Crippen molar-refractivity contribution in [2.24, 2.45) is 5.92 Å². The number of benzene rings is 1. The van der Waals surface area contributed by atoms with E-state index < -0.39 is 0 Å². The van der Waals surface area contributed by atoms with Gasteiger partial charge in [0.25, 0.3) is 5.56 Å². The van der Waals surface area contributed by atoms with Gasteiger partial charge in [-0.1, -0.05) is 31.0 Å². The van der Waals surface area contributed by atoms with Crippen molar-refractivity contribution in [1.82, 2.24) is 14.7 Å². The number of nitrogens with zero attached hydrogens (tertiary/aromatic N) is 4. The van der Waals surface area contributed by atoms with E-state index >= 15 is 0 Å². The molecule has 1 saturated carbocycles. The quantitative estimate of drug-likeness (QED) is 0.834. The van der Waals surface area contributed by atoms with Gasteiger partial charge in [-0.3, -0.25) is 9.59 Å². The molecule has 2 aromatic rings. The van der Waals surface area contributed by atoms with Gasteiger partial charge in [0, 0.05) is 38.7 Å². The van der Waals surface area contributed by atoms with Crippen LogP contribution in [0.4, 0.5) is 5.82 Å². The van der Waals surface area contributed by atoms with Gasteiger partial charge >= 0.3 is 0 Å². The Balaban J connectivity index is 1.41. The Morgan fingerprint density at radius 1 is 0.963 bits per heavy atom. The first-order valence-electron chi connectivity index (χ1n) is 9.89. The molecule has 1 aliphatic carbocycles. The van der Waals surface area contributed by atoms with Crippen LogP contribution < -0.4 is 10.5 Å². The molecule has 1 aliphatic heterocycles. The van der Waals surface area contributed by atoms with Crippen LogP contribution in [0.5, 0.6) is 0 Å². The zero-order valence-corrected chi connectivity index (χ0v) is 15.6. The van der Waals surface area contributed by atoms with Gasteiger partial charge in [-0.2, -0.15) is 4.68 Å². The number of carbonyl (C=O) groups excluding carboxylic acids is 1. The lowest BCUT2D eigenvalue weighted by molar-refractivity contribution is -0.132. The molecule has 2 aliphatic rings. The molecule has 2 fully saturated rings. The number of rotatable bonds is 4. The molecule has 1 aromatic heterocycles. The maximum absolute atomic E-state index is 12.5. The van der Waals surface area contributed by atoms with Gasteiger partial charge in [0.15, 0.2) is 0 Å². The molecule has 1 amide bonds. The minimum atomic E-state index is -0.143. The fourth-order valence-electron chi connectivity index (χ4n) is 4.10. The highest BCUT2D eigenvalue weighted by Gasteiger charge is 2.25. The number of para-hydroxylation sites is 1. The lowest BCUT2D eigenvalue weighted by Gasteiger charge is -2.35. The summed E-state index contributed by atoms with van der Waals surface area (Å²) in [6.07, 6.45) is 5.66.